The molecule has 1 aliphatic rings. The Kier molecular flexibility index (Phi) is 6.60. The van der Waals surface area contributed by atoms with Crippen molar-refractivity contribution in [1.82, 2.24) is 9.62 Å². The first-order valence-electron chi connectivity index (χ1n) is 7.18. The molecule has 1 atom stereocenters. The molecule has 1 rings (SSSR count). The standard InChI is InChI=1S/C13H24N2O5S/c1-3-10(8-12(16)17)9-14-13(18)11-4-6-15(7-5-11)21(2,19)20/h10-11H,3-9H2,1-2H3,(H,14,18)(H,16,17). The van der Waals surface area contributed by atoms with Crippen LogP contribution in [0.5, 0.6) is 0 Å². The Morgan fingerprint density at radius 1 is 1.33 bits per heavy atom. The lowest BCUT2D eigenvalue weighted by atomic mass is 9.96. The van der Waals surface area contributed by atoms with Gasteiger partial charge in [0.25, 0.3) is 0 Å². The maximum atomic E-state index is 12.0. The number of hydrogen-bond donors (Lipinski definition) is 2. The molecule has 21 heavy (non-hydrogen) atoms. The van der Waals surface area contributed by atoms with Gasteiger partial charge in [0.15, 0.2) is 0 Å². The number of sulfonamides is 1. The van der Waals surface area contributed by atoms with Gasteiger partial charge in [-0.2, -0.15) is 0 Å². The molecule has 0 aromatic heterocycles. The number of rotatable bonds is 7. The minimum atomic E-state index is -3.18. The van der Waals surface area contributed by atoms with Crippen LogP contribution in [-0.4, -0.2) is 55.6 Å². The average Bonchev–Trinajstić information content (AvgIpc) is 2.41. The SMILES string of the molecule is CCC(CNC(=O)C1CCN(S(C)(=O)=O)CC1)CC(=O)O. The number of piperidine rings is 1. The topological polar surface area (TPSA) is 104 Å². The normalized spacial score (nSPS) is 19.1. The molecular weight excluding hydrogens is 296 g/mol. The van der Waals surface area contributed by atoms with Crippen LogP contribution >= 0.6 is 0 Å². The number of aliphatic carboxylic acids is 1. The lowest BCUT2D eigenvalue weighted by Gasteiger charge is -2.29. The monoisotopic (exact) mass is 320 g/mol. The number of carboxylic acids is 1. The van der Waals surface area contributed by atoms with Gasteiger partial charge >= 0.3 is 5.97 Å². The van der Waals surface area contributed by atoms with Crippen molar-refractivity contribution >= 4 is 21.9 Å². The van der Waals surface area contributed by atoms with Crippen molar-refractivity contribution in [2.75, 3.05) is 25.9 Å². The van der Waals surface area contributed by atoms with Gasteiger partial charge in [-0.15, -0.1) is 0 Å². The smallest absolute Gasteiger partial charge is 0.303 e. The molecule has 0 aromatic carbocycles. The molecule has 0 saturated carbocycles. The Bertz CT molecular complexity index is 469. The third-order valence-corrected chi connectivity index (χ3v) is 5.20. The Labute approximate surface area is 125 Å². The minimum absolute atomic E-state index is 0.0449. The molecule has 1 unspecified atom stereocenters. The highest BCUT2D eigenvalue weighted by Gasteiger charge is 2.29. The molecule has 1 saturated heterocycles. The second-order valence-corrected chi connectivity index (χ2v) is 7.54. The van der Waals surface area contributed by atoms with Crippen molar-refractivity contribution < 1.29 is 23.1 Å². The van der Waals surface area contributed by atoms with Crippen LogP contribution in [-0.2, 0) is 19.6 Å². The summed E-state index contributed by atoms with van der Waals surface area (Å²) in [5.41, 5.74) is 0. The quantitative estimate of drug-likeness (QED) is 0.701. The van der Waals surface area contributed by atoms with Gasteiger partial charge in [0, 0.05) is 32.0 Å². The van der Waals surface area contributed by atoms with Gasteiger partial charge in [0.2, 0.25) is 15.9 Å². The third-order valence-electron chi connectivity index (χ3n) is 3.90. The molecule has 1 fully saturated rings. The van der Waals surface area contributed by atoms with E-state index in [1.165, 1.54) is 10.6 Å². The molecule has 7 nitrogen and oxygen atoms in total. The number of nitrogens with zero attached hydrogens (tertiary/aromatic N) is 1. The van der Waals surface area contributed by atoms with Crippen molar-refractivity contribution in [3.63, 3.8) is 0 Å². The molecule has 1 aliphatic heterocycles. The van der Waals surface area contributed by atoms with Gasteiger partial charge in [-0.05, 0) is 18.8 Å². The van der Waals surface area contributed by atoms with Crippen LogP contribution in [0, 0.1) is 11.8 Å². The summed E-state index contributed by atoms with van der Waals surface area (Å²) < 4.78 is 24.2. The van der Waals surface area contributed by atoms with E-state index in [0.717, 1.165) is 0 Å². The van der Waals surface area contributed by atoms with Crippen LogP contribution in [0.2, 0.25) is 0 Å². The molecule has 2 N–H and O–H groups in total. The summed E-state index contributed by atoms with van der Waals surface area (Å²) in [5, 5.41) is 11.6. The maximum absolute atomic E-state index is 12.0. The van der Waals surface area contributed by atoms with E-state index < -0.39 is 16.0 Å². The summed E-state index contributed by atoms with van der Waals surface area (Å²) in [6.07, 6.45) is 2.93. The second-order valence-electron chi connectivity index (χ2n) is 5.55. The summed E-state index contributed by atoms with van der Waals surface area (Å²) >= 11 is 0. The van der Waals surface area contributed by atoms with Crippen molar-refractivity contribution in [2.45, 2.75) is 32.6 Å². The number of hydrogen-bond acceptors (Lipinski definition) is 4. The zero-order valence-corrected chi connectivity index (χ0v) is 13.4. The summed E-state index contributed by atoms with van der Waals surface area (Å²) in [6.45, 7) is 2.98. The van der Waals surface area contributed by atoms with E-state index in [4.69, 9.17) is 5.11 Å². The molecule has 1 amide bonds. The Balaban J connectivity index is 2.39. The first-order chi connectivity index (χ1) is 9.74. The zero-order valence-electron chi connectivity index (χ0n) is 12.5. The molecule has 0 aromatic rings. The first kappa shape index (κ1) is 17.9. The Morgan fingerprint density at radius 3 is 2.33 bits per heavy atom. The maximum Gasteiger partial charge on any atom is 0.303 e. The van der Waals surface area contributed by atoms with Crippen LogP contribution < -0.4 is 5.32 Å². The van der Waals surface area contributed by atoms with E-state index in [9.17, 15) is 18.0 Å². The number of nitrogens with one attached hydrogen (secondary N) is 1. The van der Waals surface area contributed by atoms with Gasteiger partial charge in [-0.1, -0.05) is 13.3 Å². The molecule has 0 bridgehead atoms. The van der Waals surface area contributed by atoms with Gasteiger partial charge in [-0.3, -0.25) is 9.59 Å². The van der Waals surface area contributed by atoms with E-state index in [1.807, 2.05) is 6.92 Å². The highest BCUT2D eigenvalue weighted by atomic mass is 32.2. The largest absolute Gasteiger partial charge is 0.481 e. The molecule has 1 heterocycles. The van der Waals surface area contributed by atoms with Crippen LogP contribution in [0.1, 0.15) is 32.6 Å². The summed E-state index contributed by atoms with van der Waals surface area (Å²) in [7, 11) is -3.18. The zero-order chi connectivity index (χ0) is 16.0. The molecule has 0 radical (unpaired) electrons. The van der Waals surface area contributed by atoms with E-state index in [0.29, 0.717) is 38.9 Å². The van der Waals surface area contributed by atoms with Gasteiger partial charge < -0.3 is 10.4 Å². The van der Waals surface area contributed by atoms with E-state index in [1.54, 1.807) is 0 Å². The lowest BCUT2D eigenvalue weighted by Crippen LogP contribution is -2.43. The highest BCUT2D eigenvalue weighted by molar-refractivity contribution is 7.88. The summed E-state index contributed by atoms with van der Waals surface area (Å²) in [4.78, 5) is 22.7. The van der Waals surface area contributed by atoms with Crippen LogP contribution in [0.15, 0.2) is 0 Å². The van der Waals surface area contributed by atoms with Crippen molar-refractivity contribution in [1.29, 1.82) is 0 Å². The molecule has 0 spiro atoms. The lowest BCUT2D eigenvalue weighted by molar-refractivity contribution is -0.138. The number of carboxylic acid groups (broad SMARTS) is 1. The molecule has 0 aliphatic carbocycles. The van der Waals surface area contributed by atoms with Crippen molar-refractivity contribution in [2.24, 2.45) is 11.8 Å². The van der Waals surface area contributed by atoms with Gasteiger partial charge in [0.05, 0.1) is 6.26 Å². The number of carbonyl (C=O) groups excluding carboxylic acids is 1. The van der Waals surface area contributed by atoms with Crippen LogP contribution in [0.4, 0.5) is 0 Å². The van der Waals surface area contributed by atoms with Gasteiger partial charge in [-0.25, -0.2) is 12.7 Å². The van der Waals surface area contributed by atoms with Crippen LogP contribution in [0.3, 0.4) is 0 Å². The fourth-order valence-electron chi connectivity index (χ4n) is 2.45. The minimum Gasteiger partial charge on any atom is -0.481 e. The summed E-state index contributed by atoms with van der Waals surface area (Å²) in [6, 6.07) is 0. The molecular formula is C13H24N2O5S. The van der Waals surface area contributed by atoms with E-state index in [2.05, 4.69) is 5.32 Å². The van der Waals surface area contributed by atoms with Crippen LogP contribution in [0.25, 0.3) is 0 Å². The van der Waals surface area contributed by atoms with Gasteiger partial charge in [0.1, 0.15) is 0 Å². The van der Waals surface area contributed by atoms with E-state index in [-0.39, 0.29) is 24.2 Å². The predicted octanol–water partition coefficient (Wildman–Crippen LogP) is 0.275. The van der Waals surface area contributed by atoms with Crippen molar-refractivity contribution in [3.05, 3.63) is 0 Å². The fraction of sp³-hybridized carbons (Fsp3) is 0.846. The number of amides is 1. The van der Waals surface area contributed by atoms with Crippen molar-refractivity contribution in [3.8, 4) is 0 Å². The Hall–Kier alpha value is -1.15. The molecule has 122 valence electrons. The fourth-order valence-corrected chi connectivity index (χ4v) is 3.32. The second kappa shape index (κ2) is 7.74. The summed E-state index contributed by atoms with van der Waals surface area (Å²) in [5.74, 6) is -1.22. The number of carbonyl (C=O) groups is 2. The average molecular weight is 320 g/mol. The first-order valence-corrected chi connectivity index (χ1v) is 9.03. The third kappa shape index (κ3) is 6.01. The predicted molar refractivity (Wildman–Crippen MR) is 78.2 cm³/mol. The molecule has 8 heteroatoms. The highest BCUT2D eigenvalue weighted by Crippen LogP contribution is 2.19. The van der Waals surface area contributed by atoms with E-state index >= 15 is 0 Å². The Morgan fingerprint density at radius 2 is 1.90 bits per heavy atom.